The minimum absolute atomic E-state index is 0. The lowest BCUT2D eigenvalue weighted by Gasteiger charge is -2.29. The third-order valence-corrected chi connectivity index (χ3v) is 18.8. The van der Waals surface area contributed by atoms with E-state index in [1.165, 1.54) is 84.3 Å². The minimum Gasteiger partial charge on any atom is -0.462 e. The molecule has 112 heavy (non-hydrogen) atoms. The second-order valence-corrected chi connectivity index (χ2v) is 40.2. The van der Waals surface area contributed by atoms with Gasteiger partial charge in [0, 0.05) is 52.4 Å². The summed E-state index contributed by atoms with van der Waals surface area (Å²) in [4.78, 5) is 82.0. The number of amides is 2. The highest BCUT2D eigenvalue weighted by molar-refractivity contribution is 5.89. The lowest BCUT2D eigenvalue weighted by Crippen LogP contribution is -2.37. The number of ether oxygens (including phenoxy) is 9. The number of benzene rings is 2. The van der Waals surface area contributed by atoms with Crippen LogP contribution >= 0.6 is 0 Å². The Kier molecular flexibility index (Phi) is 49.8. The van der Waals surface area contributed by atoms with Crippen LogP contribution in [0.4, 0.5) is 9.59 Å². The summed E-state index contributed by atoms with van der Waals surface area (Å²) in [6, 6.07) is 16.1. The zero-order valence-electron chi connectivity index (χ0n) is 77.0. The van der Waals surface area contributed by atoms with Gasteiger partial charge >= 0.3 is 24.2 Å². The average Bonchev–Trinajstić information content (AvgIpc) is 1.61. The van der Waals surface area contributed by atoms with E-state index in [4.69, 9.17) is 37.9 Å². The molecule has 3 fully saturated rings. The van der Waals surface area contributed by atoms with Gasteiger partial charge in [-0.25, -0.2) is 14.4 Å². The van der Waals surface area contributed by atoms with Gasteiger partial charge in [-0.3, -0.25) is 19.2 Å². The quantitative estimate of drug-likeness (QED) is 0.151. The fraction of sp³-hybridized carbons (Fsp3) is 0.755. The fourth-order valence-corrected chi connectivity index (χ4v) is 10.1. The van der Waals surface area contributed by atoms with E-state index < -0.39 is 12.3 Å². The van der Waals surface area contributed by atoms with E-state index in [1.54, 1.807) is 23.3 Å². The van der Waals surface area contributed by atoms with Crippen LogP contribution in [0.1, 0.15) is 360 Å². The molecule has 1 saturated carbocycles. The summed E-state index contributed by atoms with van der Waals surface area (Å²) in [5.41, 5.74) is 5.82. The van der Waals surface area contributed by atoms with Crippen molar-refractivity contribution < 1.29 is 76.2 Å². The summed E-state index contributed by atoms with van der Waals surface area (Å²) in [7, 11) is 1.30. The lowest BCUT2D eigenvalue weighted by molar-refractivity contribution is -0.150. The number of rotatable bonds is 11. The van der Waals surface area contributed by atoms with Gasteiger partial charge in [0.2, 0.25) is 11.8 Å². The first kappa shape index (κ1) is 110. The highest BCUT2D eigenvalue weighted by Gasteiger charge is 2.30. The maximum absolute atomic E-state index is 11.7. The summed E-state index contributed by atoms with van der Waals surface area (Å²) >= 11 is 0. The largest absolute Gasteiger partial charge is 0.508 e. The van der Waals surface area contributed by atoms with E-state index in [0.717, 1.165) is 69.8 Å². The van der Waals surface area contributed by atoms with Crippen molar-refractivity contribution in [1.29, 1.82) is 0 Å². The van der Waals surface area contributed by atoms with Crippen LogP contribution in [0.5, 0.6) is 0 Å². The van der Waals surface area contributed by atoms with Crippen LogP contribution in [0, 0.1) is 37.9 Å². The van der Waals surface area contributed by atoms with Crippen molar-refractivity contribution in [3.63, 3.8) is 0 Å². The molecule has 2 saturated heterocycles. The standard InChI is InChI=1S/C13H24O3.C13H18O2.C13H18.C11H21NO.C10H19NO.C10H16O2.C8H16O3.C8H16O2.C7H14O2.CH4/c1-10(13(2,3)4)15-12(14)16-11-8-6-5-7-9-11;1-10(13(2,3)4)15-12(14)11-8-6-5-7-9-11;1-13(2,3)12-8-7-10-5-4-6-11(10)9-12;1-11(2,3)9-10(13)12-7-5-4-6-8-12;1-10(2,3)8-9(12)11-6-4-5-7-11;1-7-9(6-10(3,4)5)12-8(2)11-7;1-6(8(2,3)4)11-7(9)10-5;1-6(8(3,4)5)10-7(2)9;1-6(8)5-9-7(2,3)4;/h10-11H,5-9H2,1-4H3;5-10H,1-4H3;7-9H,4-6H2,1-3H3;4-9H2,1-3H3;4-8H2,1-3H3;2,6H2,1,3-5H3;6H,1-5H3;6H,1-5H3;5H2,1-4H3;1H4. The zero-order valence-corrected chi connectivity index (χ0v) is 77.0. The Hall–Kier alpha value is -6.43. The van der Waals surface area contributed by atoms with Crippen molar-refractivity contribution in [3.05, 3.63) is 94.8 Å². The van der Waals surface area contributed by atoms with E-state index in [1.807, 2.05) is 146 Å². The number of carbonyl (C=O) groups is 7. The SMILES string of the molecule is C.C=C1OC(C)=C(CC(C)(C)C)O1.CC(=O)COC(C)(C)C.CC(=O)OC(C)C(C)(C)C.CC(C)(C)CC(=O)N1CCCC1.CC(C)(C)CC(=O)N1CCCCC1.CC(C)(C)c1ccc2c(c1)CCC2.CC(OC(=O)OC1CCCCC1)C(C)(C)C.CC(OC(=O)c1ccccc1)C(C)(C)C.COC(=O)OC(C)C(C)(C)C. The Bertz CT molecular complexity index is 3080. The molecule has 4 atom stereocenters. The van der Waals surface area contributed by atoms with Gasteiger partial charge in [-0.05, 0) is 218 Å². The van der Waals surface area contributed by atoms with Crippen molar-refractivity contribution in [2.75, 3.05) is 39.9 Å². The first-order valence-electron chi connectivity index (χ1n) is 41.0. The molecule has 18 heteroatoms. The third kappa shape index (κ3) is 55.1. The number of hydrogen-bond acceptors (Lipinski definition) is 16. The predicted molar refractivity (Wildman–Crippen MR) is 460 cm³/mol. The number of carbonyl (C=O) groups excluding carboxylic acids is 7. The Labute approximate surface area is 684 Å². The number of aryl methyl sites for hydroxylation is 2. The van der Waals surface area contributed by atoms with Gasteiger partial charge in [0.05, 0.1) is 18.3 Å². The van der Waals surface area contributed by atoms with Crippen LogP contribution in [0.3, 0.4) is 0 Å². The molecule has 5 aliphatic rings. The lowest BCUT2D eigenvalue weighted by atomic mass is 9.85. The summed E-state index contributed by atoms with van der Waals surface area (Å²) in [5, 5.41) is 0. The number of allylic oxidation sites excluding steroid dienone is 2. The average molecular weight is 1580 g/mol. The number of likely N-dealkylation sites (tertiary alicyclic amines) is 2. The molecule has 3 aliphatic heterocycles. The molecule has 0 spiro atoms. The second-order valence-electron chi connectivity index (χ2n) is 40.2. The van der Waals surface area contributed by atoms with Gasteiger partial charge in [0.15, 0.2) is 5.78 Å². The topological polar surface area (TPSA) is 209 Å². The van der Waals surface area contributed by atoms with E-state index in [2.05, 4.69) is 133 Å². The van der Waals surface area contributed by atoms with Gasteiger partial charge in [-0.15, -0.1) is 0 Å². The van der Waals surface area contributed by atoms with Crippen molar-refractivity contribution in [2.24, 2.45) is 37.9 Å². The maximum Gasteiger partial charge on any atom is 0.508 e. The monoisotopic (exact) mass is 1580 g/mol. The van der Waals surface area contributed by atoms with Crippen molar-refractivity contribution in [2.45, 2.75) is 387 Å². The Morgan fingerprint density at radius 1 is 0.491 bits per heavy atom. The molecule has 4 unspecified atom stereocenters. The van der Waals surface area contributed by atoms with Crippen molar-refractivity contribution >= 4 is 41.8 Å². The van der Waals surface area contributed by atoms with E-state index in [9.17, 15) is 33.6 Å². The number of Topliss-reactive ketones (excluding diaryl/α,β-unsaturated/α-hetero) is 1. The minimum atomic E-state index is -0.618. The fourth-order valence-electron chi connectivity index (χ4n) is 10.1. The number of fused-ring (bicyclic) bond motifs is 1. The van der Waals surface area contributed by atoms with Crippen LogP contribution in [-0.4, -0.2) is 128 Å². The maximum atomic E-state index is 11.7. The number of hydrogen-bond donors (Lipinski definition) is 0. The summed E-state index contributed by atoms with van der Waals surface area (Å²) in [5.74, 6) is 2.44. The molecule has 18 nitrogen and oxygen atoms in total. The second kappa shape index (κ2) is 50.8. The number of piperidine rings is 1. The number of ketones is 1. The molecule has 0 bridgehead atoms. The first-order chi connectivity index (χ1) is 50.4. The number of nitrogens with zero attached hydrogens (tertiary/aromatic N) is 2. The molecular formula is C94H166N2O16. The highest BCUT2D eigenvalue weighted by Crippen LogP contribution is 2.34. The molecule has 648 valence electrons. The molecule has 0 aromatic heterocycles. The van der Waals surface area contributed by atoms with Crippen molar-refractivity contribution in [3.8, 4) is 0 Å². The third-order valence-electron chi connectivity index (χ3n) is 18.8. The van der Waals surface area contributed by atoms with E-state index in [0.29, 0.717) is 41.6 Å². The molecule has 0 N–H and O–H groups in total. The Balaban J connectivity index is -0.00000120. The number of methoxy groups -OCH3 is 1. The summed E-state index contributed by atoms with van der Waals surface area (Å²) in [6.07, 6.45) is 16.4. The Morgan fingerprint density at radius 3 is 1.24 bits per heavy atom. The van der Waals surface area contributed by atoms with Crippen LogP contribution in [0.2, 0.25) is 0 Å². The summed E-state index contributed by atoms with van der Waals surface area (Å²) < 4.78 is 45.8. The van der Waals surface area contributed by atoms with Gasteiger partial charge < -0.3 is 52.4 Å². The molecule has 2 amide bonds. The highest BCUT2D eigenvalue weighted by atomic mass is 16.7. The molecule has 3 heterocycles. The Morgan fingerprint density at radius 2 is 0.893 bits per heavy atom. The van der Waals surface area contributed by atoms with Crippen LogP contribution in [0.25, 0.3) is 0 Å². The molecule has 7 rings (SSSR count). The first-order valence-corrected chi connectivity index (χ1v) is 41.0. The number of esters is 2. The zero-order chi connectivity index (χ0) is 86.5. The summed E-state index contributed by atoms with van der Waals surface area (Å²) in [6.45, 7) is 76.4. The molecule has 2 aromatic carbocycles. The van der Waals surface area contributed by atoms with Crippen LogP contribution in [0.15, 0.2) is 72.6 Å². The molecular weight excluding hydrogens is 1410 g/mol. The van der Waals surface area contributed by atoms with Crippen LogP contribution in [-0.2, 0) is 80.1 Å². The predicted octanol–water partition coefficient (Wildman–Crippen LogP) is 24.5. The van der Waals surface area contributed by atoms with Gasteiger partial charge in [-0.1, -0.05) is 216 Å². The normalized spacial score (nSPS) is 16.2. The molecule has 2 aromatic rings. The van der Waals surface area contributed by atoms with E-state index >= 15 is 0 Å². The van der Waals surface area contributed by atoms with Crippen molar-refractivity contribution in [1.82, 2.24) is 9.80 Å². The smallest absolute Gasteiger partial charge is 0.462 e. The van der Waals surface area contributed by atoms with E-state index in [-0.39, 0.29) is 106 Å². The molecule has 2 aliphatic carbocycles. The van der Waals surface area contributed by atoms with Gasteiger partial charge in [-0.2, -0.15) is 0 Å². The molecule has 0 radical (unpaired) electrons. The van der Waals surface area contributed by atoms with Crippen LogP contribution < -0.4 is 0 Å². The van der Waals surface area contributed by atoms with Gasteiger partial charge in [0.1, 0.15) is 48.6 Å². The van der Waals surface area contributed by atoms with Gasteiger partial charge in [0.25, 0.3) is 5.95 Å².